The highest BCUT2D eigenvalue weighted by Gasteiger charge is 2.44. The fraction of sp³-hybridized carbons (Fsp3) is 0.462. The van der Waals surface area contributed by atoms with Gasteiger partial charge < -0.3 is 14.9 Å². The molecule has 0 fully saturated rings. The molecule has 0 amide bonds. The summed E-state index contributed by atoms with van der Waals surface area (Å²) in [7, 11) is 1.52. The first kappa shape index (κ1) is 12.8. The number of aliphatic hydroxyl groups is 1. The van der Waals surface area contributed by atoms with E-state index in [-0.39, 0.29) is 12.8 Å². The lowest BCUT2D eigenvalue weighted by Crippen LogP contribution is -2.48. The molecule has 18 heavy (non-hydrogen) atoms. The Labute approximate surface area is 104 Å². The summed E-state index contributed by atoms with van der Waals surface area (Å²) < 4.78 is 18.7. The number of rotatable bonds is 3. The van der Waals surface area contributed by atoms with Crippen molar-refractivity contribution in [3.63, 3.8) is 0 Å². The van der Waals surface area contributed by atoms with Crippen LogP contribution in [0.1, 0.15) is 17.5 Å². The maximum atomic E-state index is 13.6. The number of methoxy groups -OCH3 is 1. The molecule has 0 heterocycles. The zero-order chi connectivity index (χ0) is 13.3. The Morgan fingerprint density at radius 1 is 1.50 bits per heavy atom. The van der Waals surface area contributed by atoms with Crippen LogP contribution in [0.2, 0.25) is 0 Å². The molecule has 1 aliphatic rings. The summed E-state index contributed by atoms with van der Waals surface area (Å²) in [6.07, 6.45) is -1.70. The average molecular weight is 254 g/mol. The van der Waals surface area contributed by atoms with Crippen LogP contribution in [0.25, 0.3) is 0 Å². The molecule has 98 valence electrons. The van der Waals surface area contributed by atoms with Crippen molar-refractivity contribution < 1.29 is 24.1 Å². The number of ether oxygens (including phenoxy) is 1. The molecule has 1 aromatic carbocycles. The van der Waals surface area contributed by atoms with E-state index in [0.717, 1.165) is 11.1 Å². The van der Waals surface area contributed by atoms with Crippen molar-refractivity contribution in [2.75, 3.05) is 7.11 Å². The van der Waals surface area contributed by atoms with Gasteiger partial charge in [0.2, 0.25) is 6.17 Å². The molecule has 0 aliphatic heterocycles. The first-order chi connectivity index (χ1) is 8.46. The van der Waals surface area contributed by atoms with Crippen LogP contribution in [0, 0.1) is 0 Å². The standard InChI is InChI=1S/C13H15FO4/c1-18-10-3-2-8-4-5-13(17,7-9(8)6-10)11(14)12(15)16/h2-3,6,11,17H,4-5,7H2,1H3,(H,15,16). The molecule has 2 rings (SSSR count). The molecule has 1 aromatic rings. The average Bonchev–Trinajstić information content (AvgIpc) is 2.36. The third-order valence-electron chi connectivity index (χ3n) is 3.43. The number of benzene rings is 1. The molecule has 0 spiro atoms. The molecule has 0 aromatic heterocycles. The summed E-state index contributed by atoms with van der Waals surface area (Å²) in [5, 5.41) is 18.8. The first-order valence-corrected chi connectivity index (χ1v) is 5.71. The Bertz CT molecular complexity index is 474. The molecule has 0 saturated carbocycles. The van der Waals surface area contributed by atoms with Crippen molar-refractivity contribution >= 4 is 5.97 Å². The van der Waals surface area contributed by atoms with Gasteiger partial charge in [-0.1, -0.05) is 6.07 Å². The van der Waals surface area contributed by atoms with Crippen molar-refractivity contribution in [3.05, 3.63) is 29.3 Å². The molecule has 0 bridgehead atoms. The van der Waals surface area contributed by atoms with Gasteiger partial charge in [0.25, 0.3) is 0 Å². The van der Waals surface area contributed by atoms with E-state index in [1.807, 2.05) is 6.07 Å². The third kappa shape index (κ3) is 2.18. The van der Waals surface area contributed by atoms with Crippen LogP contribution in [-0.4, -0.2) is 35.1 Å². The lowest BCUT2D eigenvalue weighted by molar-refractivity contribution is -0.155. The van der Waals surface area contributed by atoms with Crippen molar-refractivity contribution in [1.82, 2.24) is 0 Å². The van der Waals surface area contributed by atoms with Gasteiger partial charge in [0.05, 0.1) is 7.11 Å². The zero-order valence-corrected chi connectivity index (χ0v) is 10.0. The molecule has 2 N–H and O–H groups in total. The first-order valence-electron chi connectivity index (χ1n) is 5.71. The summed E-state index contributed by atoms with van der Waals surface area (Å²) in [5.74, 6) is -1.01. The van der Waals surface area contributed by atoms with Crippen LogP contribution < -0.4 is 4.74 Å². The Balaban J connectivity index is 2.30. The van der Waals surface area contributed by atoms with Gasteiger partial charge in [-0.05, 0) is 36.1 Å². The molecule has 1 aliphatic carbocycles. The molecule has 0 radical (unpaired) electrons. The molecule has 4 nitrogen and oxygen atoms in total. The number of hydrogen-bond acceptors (Lipinski definition) is 3. The predicted octanol–water partition coefficient (Wildman–Crippen LogP) is 1.34. The molecular formula is C13H15FO4. The van der Waals surface area contributed by atoms with Crippen LogP contribution in [0.5, 0.6) is 5.75 Å². The van der Waals surface area contributed by atoms with E-state index in [2.05, 4.69) is 0 Å². The maximum Gasteiger partial charge on any atom is 0.341 e. The Morgan fingerprint density at radius 2 is 2.22 bits per heavy atom. The van der Waals surface area contributed by atoms with Gasteiger partial charge in [0.15, 0.2) is 0 Å². The minimum absolute atomic E-state index is 0.00694. The van der Waals surface area contributed by atoms with Gasteiger partial charge in [-0.15, -0.1) is 0 Å². The number of alkyl halides is 1. The van der Waals surface area contributed by atoms with Gasteiger partial charge in [-0.2, -0.15) is 0 Å². The number of aryl methyl sites for hydroxylation is 1. The van der Waals surface area contributed by atoms with E-state index < -0.39 is 17.7 Å². The van der Waals surface area contributed by atoms with E-state index in [9.17, 15) is 14.3 Å². The number of aliphatic carboxylic acids is 1. The number of halogens is 1. The SMILES string of the molecule is COc1ccc2c(c1)CC(O)(C(F)C(=O)O)CC2. The van der Waals surface area contributed by atoms with E-state index in [4.69, 9.17) is 9.84 Å². The zero-order valence-electron chi connectivity index (χ0n) is 10.0. The number of hydrogen-bond donors (Lipinski definition) is 2. The quantitative estimate of drug-likeness (QED) is 0.854. The van der Waals surface area contributed by atoms with Gasteiger partial charge in [-0.25, -0.2) is 9.18 Å². The number of carbonyl (C=O) groups is 1. The highest BCUT2D eigenvalue weighted by Crippen LogP contribution is 2.34. The smallest absolute Gasteiger partial charge is 0.341 e. The molecule has 5 heteroatoms. The number of carboxylic acids is 1. The highest BCUT2D eigenvalue weighted by molar-refractivity contribution is 5.74. The predicted molar refractivity (Wildman–Crippen MR) is 62.5 cm³/mol. The second kappa shape index (κ2) is 4.57. The Kier molecular flexibility index (Phi) is 3.26. The van der Waals surface area contributed by atoms with Gasteiger partial charge in [0, 0.05) is 6.42 Å². The fourth-order valence-corrected chi connectivity index (χ4v) is 2.35. The van der Waals surface area contributed by atoms with Crippen LogP contribution in [-0.2, 0) is 17.6 Å². The van der Waals surface area contributed by atoms with Crippen LogP contribution in [0.15, 0.2) is 18.2 Å². The van der Waals surface area contributed by atoms with E-state index in [1.165, 1.54) is 7.11 Å². The second-order valence-electron chi connectivity index (χ2n) is 4.62. The van der Waals surface area contributed by atoms with Gasteiger partial charge >= 0.3 is 5.97 Å². The number of carboxylic acid groups (broad SMARTS) is 1. The minimum atomic E-state index is -2.27. The van der Waals surface area contributed by atoms with Gasteiger partial charge in [-0.3, -0.25) is 0 Å². The summed E-state index contributed by atoms with van der Waals surface area (Å²) in [6.45, 7) is 0. The molecular weight excluding hydrogens is 239 g/mol. The van der Waals surface area contributed by atoms with Crippen LogP contribution >= 0.6 is 0 Å². The van der Waals surface area contributed by atoms with Crippen molar-refractivity contribution in [3.8, 4) is 5.75 Å². The van der Waals surface area contributed by atoms with Crippen molar-refractivity contribution in [2.45, 2.75) is 31.0 Å². The molecule has 0 saturated heterocycles. The lowest BCUT2D eigenvalue weighted by Gasteiger charge is -2.34. The third-order valence-corrected chi connectivity index (χ3v) is 3.43. The Morgan fingerprint density at radius 3 is 2.83 bits per heavy atom. The topological polar surface area (TPSA) is 66.8 Å². The maximum absolute atomic E-state index is 13.6. The fourth-order valence-electron chi connectivity index (χ4n) is 2.35. The Hall–Kier alpha value is -1.62. The monoisotopic (exact) mass is 254 g/mol. The second-order valence-corrected chi connectivity index (χ2v) is 4.62. The summed E-state index contributed by atoms with van der Waals surface area (Å²) in [4.78, 5) is 10.7. The molecule has 2 unspecified atom stereocenters. The highest BCUT2D eigenvalue weighted by atomic mass is 19.1. The van der Waals surface area contributed by atoms with E-state index >= 15 is 0 Å². The summed E-state index contributed by atoms with van der Waals surface area (Å²) >= 11 is 0. The lowest BCUT2D eigenvalue weighted by atomic mass is 9.77. The summed E-state index contributed by atoms with van der Waals surface area (Å²) in [5.41, 5.74) is -0.0874. The van der Waals surface area contributed by atoms with Crippen molar-refractivity contribution in [2.24, 2.45) is 0 Å². The van der Waals surface area contributed by atoms with E-state index in [0.29, 0.717) is 12.2 Å². The molecule has 2 atom stereocenters. The minimum Gasteiger partial charge on any atom is -0.497 e. The summed E-state index contributed by atoms with van der Waals surface area (Å²) in [6, 6.07) is 5.38. The van der Waals surface area contributed by atoms with Crippen LogP contribution in [0.3, 0.4) is 0 Å². The van der Waals surface area contributed by atoms with Crippen molar-refractivity contribution in [1.29, 1.82) is 0 Å². The van der Waals surface area contributed by atoms with Gasteiger partial charge in [0.1, 0.15) is 11.4 Å². The number of fused-ring (bicyclic) bond motifs is 1. The normalized spacial score (nSPS) is 24.2. The van der Waals surface area contributed by atoms with Crippen LogP contribution in [0.4, 0.5) is 4.39 Å². The van der Waals surface area contributed by atoms with E-state index in [1.54, 1.807) is 12.1 Å². The largest absolute Gasteiger partial charge is 0.497 e.